The van der Waals surface area contributed by atoms with Crippen molar-refractivity contribution in [1.82, 2.24) is 9.78 Å². The first-order valence-corrected chi connectivity index (χ1v) is 5.63. The molecule has 78 valence electrons. The molecule has 0 fully saturated rings. The van der Waals surface area contributed by atoms with Gasteiger partial charge in [0.1, 0.15) is 0 Å². The molecule has 0 aliphatic heterocycles. The molecule has 0 aliphatic rings. The van der Waals surface area contributed by atoms with Crippen molar-refractivity contribution in [3.63, 3.8) is 0 Å². The van der Waals surface area contributed by atoms with Gasteiger partial charge in [-0.1, -0.05) is 11.6 Å². The third-order valence-corrected chi connectivity index (χ3v) is 3.42. The van der Waals surface area contributed by atoms with Gasteiger partial charge in [0, 0.05) is 13.2 Å². The van der Waals surface area contributed by atoms with E-state index < -0.39 is 0 Å². The third-order valence-electron chi connectivity index (χ3n) is 2.08. The fraction of sp³-hybridized carbons (Fsp3) is 0.200. The van der Waals surface area contributed by atoms with Gasteiger partial charge in [-0.2, -0.15) is 5.10 Å². The minimum Gasteiger partial charge on any atom is -0.288 e. The first-order valence-electron chi connectivity index (χ1n) is 4.37. The largest absolute Gasteiger partial charge is 0.288 e. The van der Waals surface area contributed by atoms with Gasteiger partial charge in [-0.15, -0.1) is 11.3 Å². The summed E-state index contributed by atoms with van der Waals surface area (Å²) in [5, 5.41) is 6.44. The summed E-state index contributed by atoms with van der Waals surface area (Å²) in [6.45, 7) is 1.81. The van der Waals surface area contributed by atoms with E-state index in [0.29, 0.717) is 15.5 Å². The van der Waals surface area contributed by atoms with Crippen LogP contribution in [0.5, 0.6) is 0 Å². The van der Waals surface area contributed by atoms with Crippen molar-refractivity contribution in [3.05, 3.63) is 38.8 Å². The molecule has 0 bridgehead atoms. The Hall–Kier alpha value is -1.13. The second-order valence-electron chi connectivity index (χ2n) is 3.23. The van der Waals surface area contributed by atoms with Crippen LogP contribution in [0.25, 0.3) is 0 Å². The van der Waals surface area contributed by atoms with Crippen molar-refractivity contribution in [2.75, 3.05) is 0 Å². The fourth-order valence-corrected chi connectivity index (χ4v) is 2.50. The molecule has 2 aromatic heterocycles. The number of aromatic nitrogens is 2. The SMILES string of the molecule is Cc1nn(C)cc1C(=O)c1sccc1Cl. The number of ketones is 1. The van der Waals surface area contributed by atoms with Crippen molar-refractivity contribution in [2.45, 2.75) is 6.92 Å². The van der Waals surface area contributed by atoms with Crippen LogP contribution in [0.4, 0.5) is 0 Å². The summed E-state index contributed by atoms with van der Waals surface area (Å²) in [5.74, 6) is -0.0550. The van der Waals surface area contributed by atoms with E-state index in [0.717, 1.165) is 5.69 Å². The van der Waals surface area contributed by atoms with E-state index in [2.05, 4.69) is 5.10 Å². The first kappa shape index (κ1) is 10.4. The maximum atomic E-state index is 12.0. The molecule has 2 aromatic rings. The Kier molecular flexibility index (Phi) is 2.63. The molecule has 0 spiro atoms. The van der Waals surface area contributed by atoms with E-state index in [1.807, 2.05) is 6.92 Å². The van der Waals surface area contributed by atoms with E-state index in [4.69, 9.17) is 11.6 Å². The molecule has 0 saturated carbocycles. The molecule has 0 amide bonds. The quantitative estimate of drug-likeness (QED) is 0.757. The van der Waals surface area contributed by atoms with Crippen LogP contribution in [-0.2, 0) is 7.05 Å². The molecular formula is C10H9ClN2OS. The van der Waals surface area contributed by atoms with Crippen molar-refractivity contribution in [3.8, 4) is 0 Å². The average Bonchev–Trinajstić information content (AvgIpc) is 2.71. The van der Waals surface area contributed by atoms with Crippen molar-refractivity contribution in [2.24, 2.45) is 7.05 Å². The average molecular weight is 241 g/mol. The van der Waals surface area contributed by atoms with Crippen LogP contribution in [0.3, 0.4) is 0 Å². The second kappa shape index (κ2) is 3.79. The number of carbonyl (C=O) groups excluding carboxylic acids is 1. The maximum Gasteiger partial charge on any atom is 0.207 e. The van der Waals surface area contributed by atoms with Crippen LogP contribution < -0.4 is 0 Å². The van der Waals surface area contributed by atoms with Gasteiger partial charge in [-0.05, 0) is 18.4 Å². The number of carbonyl (C=O) groups is 1. The minimum atomic E-state index is -0.0550. The lowest BCUT2D eigenvalue weighted by molar-refractivity contribution is 0.104. The fourth-order valence-electron chi connectivity index (χ4n) is 1.40. The lowest BCUT2D eigenvalue weighted by atomic mass is 10.1. The number of hydrogen-bond acceptors (Lipinski definition) is 3. The van der Waals surface area contributed by atoms with Gasteiger partial charge in [0.2, 0.25) is 5.78 Å². The summed E-state index contributed by atoms with van der Waals surface area (Å²) >= 11 is 7.26. The predicted molar refractivity (Wildman–Crippen MR) is 60.7 cm³/mol. The molecule has 0 saturated heterocycles. The van der Waals surface area contributed by atoms with Crippen LogP contribution in [0.2, 0.25) is 5.02 Å². The Labute approximate surface area is 96.3 Å². The zero-order chi connectivity index (χ0) is 11.0. The van der Waals surface area contributed by atoms with E-state index in [1.165, 1.54) is 11.3 Å². The molecule has 15 heavy (non-hydrogen) atoms. The van der Waals surface area contributed by atoms with Crippen LogP contribution in [0.1, 0.15) is 20.9 Å². The number of thiophene rings is 1. The Morgan fingerprint density at radius 3 is 2.80 bits per heavy atom. The number of rotatable bonds is 2. The predicted octanol–water partition coefficient (Wildman–Crippen LogP) is 2.67. The van der Waals surface area contributed by atoms with E-state index in [-0.39, 0.29) is 5.78 Å². The topological polar surface area (TPSA) is 34.9 Å². The smallest absolute Gasteiger partial charge is 0.207 e. The van der Waals surface area contributed by atoms with E-state index in [1.54, 1.807) is 29.4 Å². The maximum absolute atomic E-state index is 12.0. The van der Waals surface area contributed by atoms with Crippen molar-refractivity contribution < 1.29 is 4.79 Å². The van der Waals surface area contributed by atoms with Crippen LogP contribution in [0, 0.1) is 6.92 Å². The standard InChI is InChI=1S/C10H9ClN2OS/c1-6-7(5-13(2)12-6)9(14)10-8(11)3-4-15-10/h3-5H,1-2H3. The van der Waals surface area contributed by atoms with Crippen LogP contribution in [-0.4, -0.2) is 15.6 Å². The highest BCUT2D eigenvalue weighted by molar-refractivity contribution is 7.13. The summed E-state index contributed by atoms with van der Waals surface area (Å²) in [5.41, 5.74) is 1.34. The molecule has 3 nitrogen and oxygen atoms in total. The van der Waals surface area contributed by atoms with Crippen molar-refractivity contribution in [1.29, 1.82) is 0 Å². The second-order valence-corrected chi connectivity index (χ2v) is 4.55. The van der Waals surface area contributed by atoms with Gasteiger partial charge in [0.25, 0.3) is 0 Å². The lowest BCUT2D eigenvalue weighted by Crippen LogP contribution is -1.99. The highest BCUT2D eigenvalue weighted by Gasteiger charge is 2.18. The zero-order valence-electron chi connectivity index (χ0n) is 8.32. The van der Waals surface area contributed by atoms with Crippen molar-refractivity contribution >= 4 is 28.7 Å². The van der Waals surface area contributed by atoms with Gasteiger partial charge >= 0.3 is 0 Å². The number of nitrogens with zero attached hydrogens (tertiary/aromatic N) is 2. The molecule has 0 aliphatic carbocycles. The summed E-state index contributed by atoms with van der Waals surface area (Å²) < 4.78 is 1.63. The number of aryl methyl sites for hydroxylation is 2. The lowest BCUT2D eigenvalue weighted by Gasteiger charge is -1.95. The molecule has 0 N–H and O–H groups in total. The molecule has 0 unspecified atom stereocenters. The highest BCUT2D eigenvalue weighted by atomic mass is 35.5. The molecular weight excluding hydrogens is 232 g/mol. The normalized spacial score (nSPS) is 10.6. The minimum absolute atomic E-state index is 0.0550. The summed E-state index contributed by atoms with van der Waals surface area (Å²) in [6.07, 6.45) is 1.72. The third kappa shape index (κ3) is 1.82. The van der Waals surface area contributed by atoms with Gasteiger partial charge in [-0.25, -0.2) is 0 Å². The molecule has 5 heteroatoms. The summed E-state index contributed by atoms with van der Waals surface area (Å²) in [7, 11) is 1.79. The zero-order valence-corrected chi connectivity index (χ0v) is 9.89. The molecule has 0 aromatic carbocycles. The monoisotopic (exact) mass is 240 g/mol. The van der Waals surface area contributed by atoms with E-state index >= 15 is 0 Å². The van der Waals surface area contributed by atoms with Gasteiger partial charge in [-0.3, -0.25) is 9.48 Å². The Bertz CT molecular complexity index is 515. The van der Waals surface area contributed by atoms with Crippen LogP contribution in [0.15, 0.2) is 17.6 Å². The van der Waals surface area contributed by atoms with Crippen LogP contribution >= 0.6 is 22.9 Å². The molecule has 2 rings (SSSR count). The van der Waals surface area contributed by atoms with E-state index in [9.17, 15) is 4.79 Å². The number of hydrogen-bond donors (Lipinski definition) is 0. The summed E-state index contributed by atoms with van der Waals surface area (Å²) in [4.78, 5) is 12.6. The summed E-state index contributed by atoms with van der Waals surface area (Å²) in [6, 6.07) is 1.73. The van der Waals surface area contributed by atoms with Gasteiger partial charge in [0.05, 0.1) is 21.2 Å². The molecule has 0 radical (unpaired) electrons. The molecule has 2 heterocycles. The highest BCUT2D eigenvalue weighted by Crippen LogP contribution is 2.25. The van der Waals surface area contributed by atoms with Gasteiger partial charge in [0.15, 0.2) is 0 Å². The van der Waals surface area contributed by atoms with Gasteiger partial charge < -0.3 is 0 Å². The number of halogens is 1. The molecule has 0 atom stereocenters. The Morgan fingerprint density at radius 2 is 2.33 bits per heavy atom. The Morgan fingerprint density at radius 1 is 1.60 bits per heavy atom. The Balaban J connectivity index is 2.45. The first-order chi connectivity index (χ1) is 7.09.